The first-order valence-electron chi connectivity index (χ1n) is 6.30. The van der Waals surface area contributed by atoms with E-state index in [9.17, 15) is 4.39 Å². The molecule has 0 radical (unpaired) electrons. The lowest BCUT2D eigenvalue weighted by Crippen LogP contribution is -2.07. The van der Waals surface area contributed by atoms with Crippen LogP contribution in [-0.2, 0) is 12.8 Å². The van der Waals surface area contributed by atoms with Gasteiger partial charge in [-0.15, -0.1) is 0 Å². The summed E-state index contributed by atoms with van der Waals surface area (Å²) in [4.78, 5) is 4.05. The van der Waals surface area contributed by atoms with Crippen LogP contribution in [0.1, 0.15) is 11.1 Å². The Morgan fingerprint density at radius 1 is 1.21 bits per heavy atom. The van der Waals surface area contributed by atoms with Gasteiger partial charge in [-0.05, 0) is 48.4 Å². The molecule has 2 N–H and O–H groups in total. The molecule has 0 saturated heterocycles. The Balaban J connectivity index is 1.95. The average molecular weight is 260 g/mol. The van der Waals surface area contributed by atoms with E-state index in [4.69, 9.17) is 10.5 Å². The molecule has 3 nitrogen and oxygen atoms in total. The van der Waals surface area contributed by atoms with Crippen LogP contribution in [0.25, 0.3) is 0 Å². The van der Waals surface area contributed by atoms with Crippen molar-refractivity contribution in [3.05, 3.63) is 59.7 Å². The summed E-state index contributed by atoms with van der Waals surface area (Å²) in [6.45, 7) is 1.01. The summed E-state index contributed by atoms with van der Waals surface area (Å²) in [5, 5.41) is 0. The number of nitrogens with two attached hydrogens (primary N) is 1. The molecular weight excluding hydrogens is 243 g/mol. The van der Waals surface area contributed by atoms with E-state index in [0.29, 0.717) is 25.3 Å². The molecule has 2 aromatic rings. The van der Waals surface area contributed by atoms with E-state index in [1.165, 1.54) is 12.1 Å². The van der Waals surface area contributed by atoms with Crippen LogP contribution >= 0.6 is 0 Å². The number of pyridine rings is 1. The van der Waals surface area contributed by atoms with Crippen LogP contribution in [0.4, 0.5) is 4.39 Å². The molecule has 1 aromatic carbocycles. The highest BCUT2D eigenvalue weighted by atomic mass is 19.1. The number of nitrogens with zero attached hydrogens (tertiary/aromatic N) is 1. The highest BCUT2D eigenvalue weighted by Crippen LogP contribution is 2.20. The molecule has 2 rings (SSSR count). The second-order valence-corrected chi connectivity index (χ2v) is 4.25. The van der Waals surface area contributed by atoms with E-state index < -0.39 is 0 Å². The molecule has 1 aromatic heterocycles. The normalized spacial score (nSPS) is 10.4. The minimum Gasteiger partial charge on any atom is -0.493 e. The van der Waals surface area contributed by atoms with Crippen LogP contribution in [0.15, 0.2) is 42.7 Å². The van der Waals surface area contributed by atoms with Crippen molar-refractivity contribution in [2.24, 2.45) is 5.73 Å². The zero-order valence-electron chi connectivity index (χ0n) is 10.7. The molecule has 0 aliphatic carbocycles. The summed E-state index contributed by atoms with van der Waals surface area (Å²) in [6.07, 6.45) is 4.94. The van der Waals surface area contributed by atoms with E-state index in [-0.39, 0.29) is 5.82 Å². The van der Waals surface area contributed by atoms with Crippen molar-refractivity contribution >= 4 is 0 Å². The van der Waals surface area contributed by atoms with Gasteiger partial charge in [0.25, 0.3) is 0 Å². The smallest absolute Gasteiger partial charge is 0.123 e. The molecule has 4 heteroatoms. The molecule has 19 heavy (non-hydrogen) atoms. The van der Waals surface area contributed by atoms with Crippen molar-refractivity contribution in [3.8, 4) is 5.75 Å². The van der Waals surface area contributed by atoms with E-state index in [0.717, 1.165) is 17.5 Å². The fourth-order valence-corrected chi connectivity index (χ4v) is 1.86. The van der Waals surface area contributed by atoms with Gasteiger partial charge in [0.15, 0.2) is 0 Å². The Morgan fingerprint density at radius 2 is 2.11 bits per heavy atom. The maximum Gasteiger partial charge on any atom is 0.123 e. The molecule has 0 aliphatic rings. The molecule has 0 bridgehead atoms. The van der Waals surface area contributed by atoms with Crippen LogP contribution in [0.2, 0.25) is 0 Å². The molecule has 0 unspecified atom stereocenters. The van der Waals surface area contributed by atoms with Gasteiger partial charge in [-0.25, -0.2) is 4.39 Å². The third-order valence-corrected chi connectivity index (χ3v) is 2.81. The number of ether oxygens (including phenoxy) is 1. The second kappa shape index (κ2) is 6.85. The Hall–Kier alpha value is -1.94. The molecule has 0 amide bonds. The van der Waals surface area contributed by atoms with Crippen LogP contribution in [0, 0.1) is 5.82 Å². The molecule has 0 fully saturated rings. The molecule has 0 aliphatic heterocycles. The zero-order valence-corrected chi connectivity index (χ0v) is 10.7. The SMILES string of the molecule is NCCc1cc(F)ccc1OCCc1cccnc1. The minimum absolute atomic E-state index is 0.261. The van der Waals surface area contributed by atoms with Gasteiger partial charge in [-0.2, -0.15) is 0 Å². The summed E-state index contributed by atoms with van der Waals surface area (Å²) in [7, 11) is 0. The molecule has 0 atom stereocenters. The van der Waals surface area contributed by atoms with Gasteiger partial charge in [0, 0.05) is 18.8 Å². The quantitative estimate of drug-likeness (QED) is 0.867. The lowest BCUT2D eigenvalue weighted by atomic mass is 10.1. The first kappa shape index (κ1) is 13.5. The molecular formula is C15H17FN2O. The number of aromatic nitrogens is 1. The number of hydrogen-bond donors (Lipinski definition) is 1. The zero-order chi connectivity index (χ0) is 13.5. The van der Waals surface area contributed by atoms with Crippen LogP contribution < -0.4 is 10.5 Å². The maximum atomic E-state index is 13.2. The van der Waals surface area contributed by atoms with E-state index >= 15 is 0 Å². The summed E-state index contributed by atoms with van der Waals surface area (Å²) >= 11 is 0. The summed E-state index contributed by atoms with van der Waals surface area (Å²) in [5.41, 5.74) is 7.44. The van der Waals surface area contributed by atoms with Crippen molar-refractivity contribution in [2.45, 2.75) is 12.8 Å². The van der Waals surface area contributed by atoms with Gasteiger partial charge in [-0.3, -0.25) is 4.98 Å². The molecule has 1 heterocycles. The monoisotopic (exact) mass is 260 g/mol. The molecule has 0 saturated carbocycles. The number of rotatable bonds is 6. The number of benzene rings is 1. The van der Waals surface area contributed by atoms with Crippen LogP contribution in [0.3, 0.4) is 0 Å². The van der Waals surface area contributed by atoms with Crippen LogP contribution in [-0.4, -0.2) is 18.1 Å². The van der Waals surface area contributed by atoms with Crippen molar-refractivity contribution in [3.63, 3.8) is 0 Å². The highest BCUT2D eigenvalue weighted by molar-refractivity contribution is 5.34. The molecule has 100 valence electrons. The lowest BCUT2D eigenvalue weighted by molar-refractivity contribution is 0.318. The third-order valence-electron chi connectivity index (χ3n) is 2.81. The Kier molecular flexibility index (Phi) is 4.86. The summed E-state index contributed by atoms with van der Waals surface area (Å²) < 4.78 is 18.9. The van der Waals surface area contributed by atoms with Crippen molar-refractivity contribution < 1.29 is 9.13 Å². The number of halogens is 1. The Bertz CT molecular complexity index is 517. The van der Waals surface area contributed by atoms with Crippen molar-refractivity contribution in [1.29, 1.82) is 0 Å². The van der Waals surface area contributed by atoms with Gasteiger partial charge < -0.3 is 10.5 Å². The predicted octanol–water partition coefficient (Wildman–Crippen LogP) is 2.34. The highest BCUT2D eigenvalue weighted by Gasteiger charge is 2.05. The predicted molar refractivity (Wildman–Crippen MR) is 72.6 cm³/mol. The fourth-order valence-electron chi connectivity index (χ4n) is 1.86. The standard InChI is InChI=1S/C15H17FN2O/c16-14-3-4-15(13(10-14)5-7-17)19-9-6-12-2-1-8-18-11-12/h1-4,8,10-11H,5-7,9,17H2. The Morgan fingerprint density at radius 3 is 2.84 bits per heavy atom. The minimum atomic E-state index is -0.261. The van der Waals surface area contributed by atoms with Crippen molar-refractivity contribution in [1.82, 2.24) is 4.98 Å². The second-order valence-electron chi connectivity index (χ2n) is 4.25. The third kappa shape index (κ3) is 4.03. The van der Waals surface area contributed by atoms with E-state index in [1.807, 2.05) is 18.3 Å². The number of hydrogen-bond acceptors (Lipinski definition) is 3. The first-order valence-corrected chi connectivity index (χ1v) is 6.30. The van der Waals surface area contributed by atoms with E-state index in [2.05, 4.69) is 4.98 Å². The molecule has 0 spiro atoms. The fraction of sp³-hybridized carbons (Fsp3) is 0.267. The van der Waals surface area contributed by atoms with Crippen molar-refractivity contribution in [2.75, 3.05) is 13.2 Å². The van der Waals surface area contributed by atoms with Crippen LogP contribution in [0.5, 0.6) is 5.75 Å². The largest absolute Gasteiger partial charge is 0.493 e. The van der Waals surface area contributed by atoms with E-state index in [1.54, 1.807) is 12.3 Å². The van der Waals surface area contributed by atoms with Gasteiger partial charge in [0.2, 0.25) is 0 Å². The first-order chi connectivity index (χ1) is 9.29. The van der Waals surface area contributed by atoms with Gasteiger partial charge in [0.05, 0.1) is 6.61 Å². The topological polar surface area (TPSA) is 48.1 Å². The van der Waals surface area contributed by atoms with Gasteiger partial charge >= 0.3 is 0 Å². The van der Waals surface area contributed by atoms with Gasteiger partial charge in [0.1, 0.15) is 11.6 Å². The lowest BCUT2D eigenvalue weighted by Gasteiger charge is -2.11. The average Bonchev–Trinajstić information content (AvgIpc) is 2.43. The maximum absolute atomic E-state index is 13.2. The summed E-state index contributed by atoms with van der Waals surface area (Å²) in [6, 6.07) is 8.43. The summed E-state index contributed by atoms with van der Waals surface area (Å²) in [5.74, 6) is 0.443. The van der Waals surface area contributed by atoms with Gasteiger partial charge in [-0.1, -0.05) is 6.07 Å². The Labute approximate surface area is 112 Å².